The molecule has 1 heterocycles. The summed E-state index contributed by atoms with van der Waals surface area (Å²) in [5.41, 5.74) is 1.10. The molecule has 0 saturated heterocycles. The van der Waals surface area contributed by atoms with Gasteiger partial charge in [-0.05, 0) is 31.4 Å². The van der Waals surface area contributed by atoms with Gasteiger partial charge in [0.05, 0.1) is 5.92 Å². The fraction of sp³-hybridized carbons (Fsp3) is 0.467. The molecule has 4 nitrogen and oxygen atoms in total. The highest BCUT2D eigenvalue weighted by Crippen LogP contribution is 2.39. The molecule has 2 rings (SSSR count). The second-order valence-corrected chi connectivity index (χ2v) is 6.16. The molecule has 0 radical (unpaired) electrons. The maximum Gasteiger partial charge on any atom is 0.303 e. The SMILES string of the molecule is CC(CCCC(=O)O)NC(=O)C1CSc2ccccc21. The van der Waals surface area contributed by atoms with E-state index in [1.807, 2.05) is 31.2 Å². The van der Waals surface area contributed by atoms with Crippen molar-refractivity contribution in [3.8, 4) is 0 Å². The van der Waals surface area contributed by atoms with Crippen molar-refractivity contribution >= 4 is 23.6 Å². The van der Waals surface area contributed by atoms with E-state index >= 15 is 0 Å². The lowest BCUT2D eigenvalue weighted by Gasteiger charge is -2.17. The van der Waals surface area contributed by atoms with Gasteiger partial charge in [0.2, 0.25) is 5.91 Å². The maximum absolute atomic E-state index is 12.3. The van der Waals surface area contributed by atoms with Gasteiger partial charge < -0.3 is 10.4 Å². The molecular formula is C15H19NO3S. The van der Waals surface area contributed by atoms with Gasteiger partial charge in [-0.25, -0.2) is 0 Å². The molecule has 0 fully saturated rings. The number of carboxylic acids is 1. The Kier molecular flexibility index (Phi) is 5.06. The average molecular weight is 293 g/mol. The van der Waals surface area contributed by atoms with E-state index in [1.165, 1.54) is 4.90 Å². The highest BCUT2D eigenvalue weighted by Gasteiger charge is 2.29. The van der Waals surface area contributed by atoms with Crippen molar-refractivity contribution in [1.29, 1.82) is 0 Å². The summed E-state index contributed by atoms with van der Waals surface area (Å²) in [6.45, 7) is 1.92. The van der Waals surface area contributed by atoms with E-state index in [4.69, 9.17) is 5.11 Å². The zero-order valence-electron chi connectivity index (χ0n) is 11.5. The molecule has 0 aliphatic carbocycles. The van der Waals surface area contributed by atoms with Crippen LogP contribution in [0.1, 0.15) is 37.7 Å². The summed E-state index contributed by atoms with van der Waals surface area (Å²) in [5.74, 6) is -0.0411. The minimum absolute atomic E-state index is 0.0135. The van der Waals surface area contributed by atoms with Crippen LogP contribution in [0.4, 0.5) is 0 Å². The average Bonchev–Trinajstić information content (AvgIpc) is 2.82. The van der Waals surface area contributed by atoms with Crippen LogP contribution >= 0.6 is 11.8 Å². The molecule has 2 atom stereocenters. The first kappa shape index (κ1) is 14.9. The van der Waals surface area contributed by atoms with Gasteiger partial charge in [-0.15, -0.1) is 11.8 Å². The predicted octanol–water partition coefficient (Wildman–Crippen LogP) is 2.64. The number of hydrogen-bond acceptors (Lipinski definition) is 3. The number of thioether (sulfide) groups is 1. The van der Waals surface area contributed by atoms with E-state index in [9.17, 15) is 9.59 Å². The molecule has 1 aromatic rings. The van der Waals surface area contributed by atoms with Crippen molar-refractivity contribution in [1.82, 2.24) is 5.32 Å². The Morgan fingerprint density at radius 2 is 2.20 bits per heavy atom. The van der Waals surface area contributed by atoms with Crippen molar-refractivity contribution in [3.63, 3.8) is 0 Å². The van der Waals surface area contributed by atoms with Crippen molar-refractivity contribution in [3.05, 3.63) is 29.8 Å². The Labute approximate surface area is 123 Å². The first-order valence-electron chi connectivity index (χ1n) is 6.82. The largest absolute Gasteiger partial charge is 0.481 e. The highest BCUT2D eigenvalue weighted by molar-refractivity contribution is 7.99. The third kappa shape index (κ3) is 3.76. The number of fused-ring (bicyclic) bond motifs is 1. The van der Waals surface area contributed by atoms with Gasteiger partial charge in [0.15, 0.2) is 0 Å². The van der Waals surface area contributed by atoms with Crippen LogP contribution in [0.3, 0.4) is 0 Å². The fourth-order valence-corrected chi connectivity index (χ4v) is 3.58. The van der Waals surface area contributed by atoms with Crippen LogP contribution in [0.15, 0.2) is 29.2 Å². The monoisotopic (exact) mass is 293 g/mol. The summed E-state index contributed by atoms with van der Waals surface area (Å²) in [6.07, 6.45) is 1.44. The number of nitrogens with one attached hydrogen (secondary N) is 1. The molecule has 0 spiro atoms. The normalized spacial score (nSPS) is 18.4. The van der Waals surface area contributed by atoms with E-state index in [1.54, 1.807) is 11.8 Å². The molecule has 0 bridgehead atoms. The fourth-order valence-electron chi connectivity index (χ4n) is 2.35. The summed E-state index contributed by atoms with van der Waals surface area (Å²) in [5, 5.41) is 11.6. The van der Waals surface area contributed by atoms with Crippen LogP contribution in [-0.2, 0) is 9.59 Å². The summed E-state index contributed by atoms with van der Waals surface area (Å²) in [4.78, 5) is 23.9. The van der Waals surface area contributed by atoms with Gasteiger partial charge in [-0.3, -0.25) is 9.59 Å². The van der Waals surface area contributed by atoms with Gasteiger partial charge in [-0.2, -0.15) is 0 Å². The van der Waals surface area contributed by atoms with Crippen molar-refractivity contribution in [2.45, 2.75) is 43.0 Å². The highest BCUT2D eigenvalue weighted by atomic mass is 32.2. The van der Waals surface area contributed by atoms with Crippen molar-refractivity contribution < 1.29 is 14.7 Å². The molecule has 0 aromatic heterocycles. The predicted molar refractivity (Wildman–Crippen MR) is 79.0 cm³/mol. The van der Waals surface area contributed by atoms with Gasteiger partial charge in [0, 0.05) is 23.1 Å². The summed E-state index contributed by atoms with van der Waals surface area (Å²) < 4.78 is 0. The number of carboxylic acid groups (broad SMARTS) is 1. The Hall–Kier alpha value is -1.49. The molecule has 0 saturated carbocycles. The minimum atomic E-state index is -0.787. The number of carbonyl (C=O) groups excluding carboxylic acids is 1. The molecule has 1 aromatic carbocycles. The maximum atomic E-state index is 12.3. The van der Waals surface area contributed by atoms with Crippen LogP contribution in [0.25, 0.3) is 0 Å². The number of amides is 1. The zero-order valence-corrected chi connectivity index (χ0v) is 12.3. The van der Waals surface area contributed by atoms with Gasteiger partial charge in [0.25, 0.3) is 0 Å². The van der Waals surface area contributed by atoms with Gasteiger partial charge in [-0.1, -0.05) is 18.2 Å². The van der Waals surface area contributed by atoms with Crippen LogP contribution in [-0.4, -0.2) is 28.8 Å². The van der Waals surface area contributed by atoms with E-state index in [0.29, 0.717) is 12.8 Å². The lowest BCUT2D eigenvalue weighted by atomic mass is 10.00. The van der Waals surface area contributed by atoms with Crippen LogP contribution in [0.2, 0.25) is 0 Å². The Balaban J connectivity index is 1.85. The molecule has 5 heteroatoms. The molecule has 1 aliphatic rings. The lowest BCUT2D eigenvalue weighted by molar-refractivity contribution is -0.137. The molecule has 1 amide bonds. The molecule has 1 aliphatic heterocycles. The van der Waals surface area contributed by atoms with Crippen LogP contribution in [0.5, 0.6) is 0 Å². The third-order valence-corrected chi connectivity index (χ3v) is 4.62. The Bertz CT molecular complexity index is 504. The van der Waals surface area contributed by atoms with E-state index in [-0.39, 0.29) is 24.3 Å². The Morgan fingerprint density at radius 1 is 1.45 bits per heavy atom. The molecular weight excluding hydrogens is 274 g/mol. The summed E-state index contributed by atoms with van der Waals surface area (Å²) in [7, 11) is 0. The van der Waals surface area contributed by atoms with E-state index in [0.717, 1.165) is 11.3 Å². The molecule has 20 heavy (non-hydrogen) atoms. The summed E-state index contributed by atoms with van der Waals surface area (Å²) >= 11 is 1.71. The molecule has 2 N–H and O–H groups in total. The molecule has 108 valence electrons. The van der Waals surface area contributed by atoms with Gasteiger partial charge in [0.1, 0.15) is 0 Å². The molecule has 2 unspecified atom stereocenters. The number of carbonyl (C=O) groups is 2. The smallest absolute Gasteiger partial charge is 0.303 e. The van der Waals surface area contributed by atoms with Crippen molar-refractivity contribution in [2.75, 3.05) is 5.75 Å². The third-order valence-electron chi connectivity index (χ3n) is 3.43. The second kappa shape index (κ2) is 6.79. The van der Waals surface area contributed by atoms with E-state index in [2.05, 4.69) is 5.32 Å². The first-order valence-corrected chi connectivity index (χ1v) is 7.80. The van der Waals surface area contributed by atoms with Crippen molar-refractivity contribution in [2.24, 2.45) is 0 Å². The van der Waals surface area contributed by atoms with Gasteiger partial charge >= 0.3 is 5.97 Å². The minimum Gasteiger partial charge on any atom is -0.481 e. The van der Waals surface area contributed by atoms with Crippen LogP contribution < -0.4 is 5.32 Å². The van der Waals surface area contributed by atoms with Crippen LogP contribution in [0, 0.1) is 0 Å². The quantitative estimate of drug-likeness (QED) is 0.846. The number of aliphatic carboxylic acids is 1. The lowest BCUT2D eigenvalue weighted by Crippen LogP contribution is -2.36. The number of rotatable bonds is 6. The Morgan fingerprint density at radius 3 is 2.95 bits per heavy atom. The summed E-state index contributed by atoms with van der Waals surface area (Å²) in [6, 6.07) is 8.01. The topological polar surface area (TPSA) is 66.4 Å². The first-order chi connectivity index (χ1) is 9.58. The number of benzene rings is 1. The van der Waals surface area contributed by atoms with E-state index < -0.39 is 5.97 Å². The second-order valence-electron chi connectivity index (χ2n) is 5.10. The number of hydrogen-bond donors (Lipinski definition) is 2. The standard InChI is InChI=1S/C15H19NO3S/c1-10(5-4-8-14(17)18)16-15(19)12-9-20-13-7-3-2-6-11(12)13/h2-3,6-7,10,12H,4-5,8-9H2,1H3,(H,16,19)(H,17,18). The zero-order chi connectivity index (χ0) is 14.5.